The summed E-state index contributed by atoms with van der Waals surface area (Å²) in [5, 5.41) is 2.33. The molecule has 0 amide bonds. The van der Waals surface area contributed by atoms with Crippen molar-refractivity contribution in [3.8, 4) is 0 Å². The zero-order valence-electron chi connectivity index (χ0n) is 7.26. The fraction of sp³-hybridized carbons (Fsp3) is 0.100. The molecule has 3 aromatic rings. The van der Waals surface area contributed by atoms with Crippen molar-refractivity contribution in [3.05, 3.63) is 30.2 Å². The van der Waals surface area contributed by atoms with E-state index in [1.165, 1.54) is 16.6 Å². The third-order valence-electron chi connectivity index (χ3n) is 2.31. The predicted molar refractivity (Wildman–Crippen MR) is 52.7 cm³/mol. The van der Waals surface area contributed by atoms with Crippen molar-refractivity contribution in [3.63, 3.8) is 0 Å². The van der Waals surface area contributed by atoms with Gasteiger partial charge in [0.05, 0.1) is 5.52 Å². The lowest BCUT2D eigenvalue weighted by atomic mass is 10.2. The second-order valence-electron chi connectivity index (χ2n) is 3.28. The molecule has 0 atom stereocenters. The second kappa shape index (κ2) is 2.13. The van der Waals surface area contributed by atoms with Gasteiger partial charge < -0.3 is 9.97 Å². The topological polar surface area (TPSA) is 44.5 Å². The third kappa shape index (κ3) is 0.811. The number of aromatic amines is 2. The van der Waals surface area contributed by atoms with Gasteiger partial charge in [-0.25, -0.2) is 4.98 Å². The smallest absolute Gasteiger partial charge is 0.139 e. The van der Waals surface area contributed by atoms with E-state index in [-0.39, 0.29) is 0 Å². The summed E-state index contributed by atoms with van der Waals surface area (Å²) in [6.45, 7) is 2.05. The number of H-pyrrole nitrogens is 2. The maximum Gasteiger partial charge on any atom is 0.139 e. The van der Waals surface area contributed by atoms with E-state index in [2.05, 4.69) is 27.9 Å². The molecule has 0 unspecified atom stereocenters. The van der Waals surface area contributed by atoms with Crippen LogP contribution in [0.25, 0.3) is 21.9 Å². The molecule has 0 saturated carbocycles. The molecule has 3 aromatic heterocycles. The lowest BCUT2D eigenvalue weighted by Crippen LogP contribution is -1.76. The summed E-state index contributed by atoms with van der Waals surface area (Å²) in [6, 6.07) is 4.15. The number of pyridine rings is 1. The Hall–Kier alpha value is -1.77. The molecule has 2 N–H and O–H groups in total. The standard InChI is InChI=1S/C10H9N3/c1-6-4-7-5-12-10-8(2-3-11-10)9(7)13-6/h2-5,13H,1H3,(H,11,12). The Morgan fingerprint density at radius 2 is 2.31 bits per heavy atom. The molecule has 0 aliphatic heterocycles. The van der Waals surface area contributed by atoms with Gasteiger partial charge in [-0.2, -0.15) is 0 Å². The van der Waals surface area contributed by atoms with Crippen LogP contribution in [0.3, 0.4) is 0 Å². The van der Waals surface area contributed by atoms with Gasteiger partial charge in [-0.3, -0.25) is 0 Å². The van der Waals surface area contributed by atoms with Crippen LogP contribution in [-0.2, 0) is 0 Å². The molecule has 0 aliphatic rings. The average molecular weight is 171 g/mol. The van der Waals surface area contributed by atoms with E-state index in [4.69, 9.17) is 0 Å². The number of rotatable bonds is 0. The molecule has 13 heavy (non-hydrogen) atoms. The number of aryl methyl sites for hydroxylation is 1. The molecule has 0 aliphatic carbocycles. The number of hydrogen-bond donors (Lipinski definition) is 2. The summed E-state index contributed by atoms with van der Waals surface area (Å²) in [7, 11) is 0. The van der Waals surface area contributed by atoms with Gasteiger partial charge in [0.25, 0.3) is 0 Å². The Morgan fingerprint density at radius 1 is 1.38 bits per heavy atom. The van der Waals surface area contributed by atoms with E-state index in [0.29, 0.717) is 0 Å². The van der Waals surface area contributed by atoms with Crippen molar-refractivity contribution in [1.82, 2.24) is 15.0 Å². The van der Waals surface area contributed by atoms with Gasteiger partial charge in [-0.05, 0) is 19.1 Å². The van der Waals surface area contributed by atoms with Crippen molar-refractivity contribution in [2.24, 2.45) is 0 Å². The summed E-state index contributed by atoms with van der Waals surface area (Å²) in [5.74, 6) is 0. The summed E-state index contributed by atoms with van der Waals surface area (Å²) in [4.78, 5) is 10.7. The molecule has 0 aromatic carbocycles. The first-order valence-corrected chi connectivity index (χ1v) is 4.26. The third-order valence-corrected chi connectivity index (χ3v) is 2.31. The van der Waals surface area contributed by atoms with Crippen LogP contribution >= 0.6 is 0 Å². The van der Waals surface area contributed by atoms with E-state index in [1.807, 2.05) is 18.5 Å². The van der Waals surface area contributed by atoms with Gasteiger partial charge in [0.15, 0.2) is 0 Å². The Bertz CT molecular complexity index is 574. The number of nitrogens with zero attached hydrogens (tertiary/aromatic N) is 1. The highest BCUT2D eigenvalue weighted by molar-refractivity contribution is 6.02. The number of hydrogen-bond acceptors (Lipinski definition) is 1. The van der Waals surface area contributed by atoms with Crippen molar-refractivity contribution >= 4 is 21.9 Å². The van der Waals surface area contributed by atoms with Crippen LogP contribution in [0.5, 0.6) is 0 Å². The minimum atomic E-state index is 0.939. The maximum atomic E-state index is 4.31. The SMILES string of the molecule is Cc1cc2cnc3[nH]ccc3c2[nH]1. The number of nitrogens with one attached hydrogen (secondary N) is 2. The zero-order valence-corrected chi connectivity index (χ0v) is 7.26. The first-order valence-electron chi connectivity index (χ1n) is 4.26. The minimum Gasteiger partial charge on any atom is -0.358 e. The van der Waals surface area contributed by atoms with Gasteiger partial charge in [0.2, 0.25) is 0 Å². The molecule has 0 radical (unpaired) electrons. The molecule has 3 heteroatoms. The van der Waals surface area contributed by atoms with E-state index in [1.54, 1.807) is 0 Å². The van der Waals surface area contributed by atoms with Crippen LogP contribution in [0.2, 0.25) is 0 Å². The monoisotopic (exact) mass is 171 g/mol. The van der Waals surface area contributed by atoms with E-state index < -0.39 is 0 Å². The Labute approximate surface area is 74.8 Å². The molecule has 0 fully saturated rings. The quantitative estimate of drug-likeness (QED) is 0.535. The fourth-order valence-corrected chi connectivity index (χ4v) is 1.74. The van der Waals surface area contributed by atoms with Crippen LogP contribution in [0, 0.1) is 6.92 Å². The first-order chi connectivity index (χ1) is 6.34. The highest BCUT2D eigenvalue weighted by Crippen LogP contribution is 2.22. The highest BCUT2D eigenvalue weighted by atomic mass is 14.8. The minimum absolute atomic E-state index is 0.939. The average Bonchev–Trinajstić information content (AvgIpc) is 2.65. The normalized spacial score (nSPS) is 11.5. The van der Waals surface area contributed by atoms with E-state index in [9.17, 15) is 0 Å². The van der Waals surface area contributed by atoms with Gasteiger partial charge in [0.1, 0.15) is 5.65 Å². The maximum absolute atomic E-state index is 4.31. The van der Waals surface area contributed by atoms with Crippen LogP contribution in [0.15, 0.2) is 24.5 Å². The van der Waals surface area contributed by atoms with Gasteiger partial charge >= 0.3 is 0 Å². The summed E-state index contributed by atoms with van der Waals surface area (Å²) in [5.41, 5.74) is 3.28. The van der Waals surface area contributed by atoms with Crippen molar-refractivity contribution in [2.75, 3.05) is 0 Å². The largest absolute Gasteiger partial charge is 0.358 e. The summed E-state index contributed by atoms with van der Waals surface area (Å²) < 4.78 is 0. The summed E-state index contributed by atoms with van der Waals surface area (Å²) >= 11 is 0. The predicted octanol–water partition coefficient (Wildman–Crippen LogP) is 2.35. The van der Waals surface area contributed by atoms with Crippen molar-refractivity contribution in [1.29, 1.82) is 0 Å². The van der Waals surface area contributed by atoms with Gasteiger partial charge in [0, 0.05) is 28.9 Å². The number of fused-ring (bicyclic) bond motifs is 3. The molecule has 3 nitrogen and oxygen atoms in total. The van der Waals surface area contributed by atoms with Crippen molar-refractivity contribution in [2.45, 2.75) is 6.92 Å². The van der Waals surface area contributed by atoms with Gasteiger partial charge in [-0.1, -0.05) is 0 Å². The molecule has 64 valence electrons. The Morgan fingerprint density at radius 3 is 3.23 bits per heavy atom. The zero-order chi connectivity index (χ0) is 8.84. The Balaban J connectivity index is 2.64. The lowest BCUT2D eigenvalue weighted by molar-refractivity contribution is 1.30. The molecule has 3 heterocycles. The molecular formula is C10H9N3. The number of aromatic nitrogens is 3. The second-order valence-corrected chi connectivity index (χ2v) is 3.28. The molecule has 0 bridgehead atoms. The Kier molecular flexibility index (Phi) is 1.10. The van der Waals surface area contributed by atoms with Crippen LogP contribution in [0.1, 0.15) is 5.69 Å². The molecule has 0 saturated heterocycles. The van der Waals surface area contributed by atoms with Crippen LogP contribution < -0.4 is 0 Å². The summed E-state index contributed by atoms with van der Waals surface area (Å²) in [6.07, 6.45) is 3.80. The van der Waals surface area contributed by atoms with Crippen molar-refractivity contribution < 1.29 is 0 Å². The van der Waals surface area contributed by atoms with Crippen LogP contribution in [-0.4, -0.2) is 15.0 Å². The first kappa shape index (κ1) is 6.71. The van der Waals surface area contributed by atoms with E-state index >= 15 is 0 Å². The highest BCUT2D eigenvalue weighted by Gasteiger charge is 2.03. The van der Waals surface area contributed by atoms with E-state index in [0.717, 1.165) is 11.0 Å². The molecule has 0 spiro atoms. The van der Waals surface area contributed by atoms with Gasteiger partial charge in [-0.15, -0.1) is 0 Å². The van der Waals surface area contributed by atoms with Crippen LogP contribution in [0.4, 0.5) is 0 Å². The fourth-order valence-electron chi connectivity index (χ4n) is 1.74. The molecular weight excluding hydrogens is 162 g/mol. The molecule has 3 rings (SSSR count). The lowest BCUT2D eigenvalue weighted by Gasteiger charge is -1.90.